The number of fused-ring (bicyclic) bond motifs is 1. The number of hydrogen-bond acceptors (Lipinski definition) is 8. The Morgan fingerprint density at radius 1 is 1.08 bits per heavy atom. The fraction of sp³-hybridized carbons (Fsp3) is 0.222. The van der Waals surface area contributed by atoms with Crippen molar-refractivity contribution >= 4 is 38.9 Å². The molecule has 3 aromatic rings. The summed E-state index contributed by atoms with van der Waals surface area (Å²) < 4.78 is 21.0. The lowest BCUT2D eigenvalue weighted by molar-refractivity contribution is 0.0607. The van der Waals surface area contributed by atoms with Crippen LogP contribution in [0.3, 0.4) is 0 Å². The molecule has 26 heavy (non-hydrogen) atoms. The highest BCUT2D eigenvalue weighted by Gasteiger charge is 2.21. The molecule has 2 aromatic heterocycles. The molecule has 2 heterocycles. The smallest absolute Gasteiger partial charge is 0.350 e. The van der Waals surface area contributed by atoms with E-state index in [0.717, 1.165) is 10.2 Å². The molecular weight excluding hydrogens is 356 g/mol. The lowest BCUT2D eigenvalue weighted by atomic mass is 10.2. The van der Waals surface area contributed by atoms with Gasteiger partial charge in [0, 0.05) is 29.4 Å². The highest BCUT2D eigenvalue weighted by atomic mass is 32.1. The summed E-state index contributed by atoms with van der Waals surface area (Å²) in [7, 11) is 5.99. The Kier molecular flexibility index (Phi) is 5.13. The maximum Gasteiger partial charge on any atom is 0.350 e. The molecule has 0 amide bonds. The zero-order chi connectivity index (χ0) is 18.7. The summed E-state index contributed by atoms with van der Waals surface area (Å²) >= 11 is 1.27. The molecule has 136 valence electrons. The summed E-state index contributed by atoms with van der Waals surface area (Å²) in [6, 6.07) is 7.24. The first-order valence-electron chi connectivity index (χ1n) is 7.65. The van der Waals surface area contributed by atoms with E-state index < -0.39 is 5.97 Å². The van der Waals surface area contributed by atoms with Crippen LogP contribution in [0.4, 0.5) is 11.4 Å². The van der Waals surface area contributed by atoms with Crippen molar-refractivity contribution in [3.8, 4) is 17.2 Å². The van der Waals surface area contributed by atoms with Crippen LogP contribution < -0.4 is 19.5 Å². The van der Waals surface area contributed by atoms with Crippen molar-refractivity contribution in [2.45, 2.75) is 0 Å². The molecule has 0 radical (unpaired) electrons. The zero-order valence-electron chi connectivity index (χ0n) is 14.8. The van der Waals surface area contributed by atoms with Gasteiger partial charge in [0.2, 0.25) is 5.75 Å². The molecule has 1 aromatic carbocycles. The Bertz CT molecular complexity index is 929. The number of nitrogens with one attached hydrogen (secondary N) is 1. The molecule has 0 saturated carbocycles. The van der Waals surface area contributed by atoms with Gasteiger partial charge in [-0.25, -0.2) is 9.78 Å². The van der Waals surface area contributed by atoms with Gasteiger partial charge in [0.1, 0.15) is 9.71 Å². The predicted molar refractivity (Wildman–Crippen MR) is 100 cm³/mol. The van der Waals surface area contributed by atoms with Crippen LogP contribution in [0.5, 0.6) is 17.2 Å². The van der Waals surface area contributed by atoms with Gasteiger partial charge in [0.25, 0.3) is 0 Å². The third-order valence-corrected chi connectivity index (χ3v) is 4.86. The molecular formula is C18H18N2O5S. The fourth-order valence-corrected chi connectivity index (χ4v) is 3.61. The second-order valence-electron chi connectivity index (χ2n) is 5.19. The topological polar surface area (TPSA) is 78.9 Å². The van der Waals surface area contributed by atoms with E-state index in [9.17, 15) is 4.79 Å². The number of hydrogen-bond donors (Lipinski definition) is 1. The lowest BCUT2D eigenvalue weighted by Gasteiger charge is -2.15. The van der Waals surface area contributed by atoms with E-state index in [1.807, 2.05) is 12.1 Å². The quantitative estimate of drug-likeness (QED) is 0.657. The molecule has 0 unspecified atom stereocenters. The van der Waals surface area contributed by atoms with Crippen LogP contribution in [0.1, 0.15) is 9.67 Å². The number of aromatic nitrogens is 1. The van der Waals surface area contributed by atoms with E-state index in [-0.39, 0.29) is 0 Å². The second-order valence-corrected chi connectivity index (χ2v) is 6.19. The zero-order valence-corrected chi connectivity index (χ0v) is 15.6. The molecule has 0 aliphatic heterocycles. The molecule has 7 nitrogen and oxygen atoms in total. The lowest BCUT2D eigenvalue weighted by Crippen LogP contribution is -2.03. The van der Waals surface area contributed by atoms with Crippen LogP contribution in [-0.4, -0.2) is 39.4 Å². The van der Waals surface area contributed by atoms with Crippen molar-refractivity contribution in [1.29, 1.82) is 0 Å². The molecule has 0 saturated heterocycles. The van der Waals surface area contributed by atoms with Gasteiger partial charge in [-0.15, -0.1) is 11.3 Å². The van der Waals surface area contributed by atoms with Crippen LogP contribution in [0.2, 0.25) is 0 Å². The first-order valence-corrected chi connectivity index (χ1v) is 8.47. The number of carbonyl (C=O) groups is 1. The minimum atomic E-state index is -0.428. The van der Waals surface area contributed by atoms with E-state index >= 15 is 0 Å². The fourth-order valence-electron chi connectivity index (χ4n) is 2.59. The number of carbonyl (C=O) groups excluding carboxylic acids is 1. The Morgan fingerprint density at radius 2 is 1.77 bits per heavy atom. The number of anilines is 2. The van der Waals surface area contributed by atoms with Crippen molar-refractivity contribution in [2.24, 2.45) is 0 Å². The Hall–Kier alpha value is -3.00. The Balaban J connectivity index is 2.13. The van der Waals surface area contributed by atoms with Crippen LogP contribution in [0, 0.1) is 0 Å². The summed E-state index contributed by atoms with van der Waals surface area (Å²) in [6.07, 6.45) is 1.68. The number of thiophene rings is 1. The molecule has 0 atom stereocenters. The number of benzene rings is 1. The number of esters is 1. The summed E-state index contributed by atoms with van der Waals surface area (Å²) in [6.45, 7) is 0. The monoisotopic (exact) mass is 374 g/mol. The van der Waals surface area contributed by atoms with Crippen LogP contribution in [0.15, 0.2) is 30.5 Å². The third-order valence-electron chi connectivity index (χ3n) is 3.77. The summed E-state index contributed by atoms with van der Waals surface area (Å²) in [5.41, 5.74) is 1.30. The van der Waals surface area contributed by atoms with Crippen molar-refractivity contribution in [2.75, 3.05) is 33.8 Å². The van der Waals surface area contributed by atoms with Gasteiger partial charge in [-0.05, 0) is 12.1 Å². The van der Waals surface area contributed by atoms with Crippen LogP contribution in [0.25, 0.3) is 10.2 Å². The maximum absolute atomic E-state index is 12.2. The molecule has 0 aliphatic carbocycles. The van der Waals surface area contributed by atoms with E-state index in [1.165, 1.54) is 18.4 Å². The highest BCUT2D eigenvalue weighted by molar-refractivity contribution is 7.21. The summed E-state index contributed by atoms with van der Waals surface area (Å²) in [5, 5.41) is 4.09. The molecule has 3 rings (SSSR count). The number of rotatable bonds is 6. The van der Waals surface area contributed by atoms with E-state index in [4.69, 9.17) is 18.9 Å². The highest BCUT2D eigenvalue weighted by Crippen LogP contribution is 2.43. The van der Waals surface area contributed by atoms with Gasteiger partial charge < -0.3 is 24.3 Å². The SMILES string of the molecule is COC(=O)c1sc2ncccc2c1Nc1cc(OC)c(OC)c(OC)c1. The number of methoxy groups -OCH3 is 4. The maximum atomic E-state index is 12.2. The predicted octanol–water partition coefficient (Wildman–Crippen LogP) is 3.85. The average molecular weight is 374 g/mol. The largest absolute Gasteiger partial charge is 0.493 e. The average Bonchev–Trinajstić information content (AvgIpc) is 3.05. The number of nitrogens with zero attached hydrogens (tertiary/aromatic N) is 1. The normalized spacial score (nSPS) is 10.5. The first kappa shape index (κ1) is 17.8. The van der Waals surface area contributed by atoms with Crippen LogP contribution in [-0.2, 0) is 4.74 Å². The molecule has 8 heteroatoms. The van der Waals surface area contributed by atoms with Gasteiger partial charge in [0.15, 0.2) is 11.5 Å². The number of ether oxygens (including phenoxy) is 4. The van der Waals surface area contributed by atoms with E-state index in [1.54, 1.807) is 39.7 Å². The molecule has 0 bridgehead atoms. The van der Waals surface area contributed by atoms with E-state index in [2.05, 4.69) is 10.3 Å². The summed E-state index contributed by atoms with van der Waals surface area (Å²) in [5.74, 6) is 1.08. The molecule has 0 aliphatic rings. The minimum absolute atomic E-state index is 0.428. The minimum Gasteiger partial charge on any atom is -0.493 e. The third kappa shape index (κ3) is 3.11. The van der Waals surface area contributed by atoms with Crippen LogP contribution >= 0.6 is 11.3 Å². The molecule has 1 N–H and O–H groups in total. The van der Waals surface area contributed by atoms with Gasteiger partial charge >= 0.3 is 5.97 Å². The van der Waals surface area contributed by atoms with Crippen molar-refractivity contribution in [3.63, 3.8) is 0 Å². The van der Waals surface area contributed by atoms with E-state index in [0.29, 0.717) is 33.5 Å². The van der Waals surface area contributed by atoms with Crippen molar-refractivity contribution in [3.05, 3.63) is 35.3 Å². The van der Waals surface area contributed by atoms with Gasteiger partial charge in [-0.2, -0.15) is 0 Å². The number of pyridine rings is 1. The van der Waals surface area contributed by atoms with Gasteiger partial charge in [-0.1, -0.05) is 0 Å². The van der Waals surface area contributed by atoms with Gasteiger partial charge in [-0.3, -0.25) is 0 Å². The standard InChI is InChI=1S/C18H18N2O5S/c1-22-12-8-10(9-13(23-2)15(12)24-3)20-14-11-6-5-7-19-17(11)26-16(14)18(21)25-4/h5-9,20H,1-4H3. The van der Waals surface area contributed by atoms with Gasteiger partial charge in [0.05, 0.1) is 34.1 Å². The summed E-state index contributed by atoms with van der Waals surface area (Å²) in [4.78, 5) is 17.7. The molecule has 0 fully saturated rings. The van der Waals surface area contributed by atoms with Crippen molar-refractivity contribution < 1.29 is 23.7 Å². The first-order chi connectivity index (χ1) is 12.6. The molecule has 0 spiro atoms. The Labute approximate surface area is 154 Å². The second kappa shape index (κ2) is 7.49. The van der Waals surface area contributed by atoms with Crippen molar-refractivity contribution in [1.82, 2.24) is 4.98 Å². The Morgan fingerprint density at radius 3 is 2.35 bits per heavy atom.